The zero-order valence-electron chi connectivity index (χ0n) is 26.5. The third kappa shape index (κ3) is 7.30. The number of rotatable bonds is 8. The van der Waals surface area contributed by atoms with E-state index in [0.717, 1.165) is 16.8 Å². The first-order chi connectivity index (χ1) is 22.2. The molecule has 2 amide bonds. The molecule has 0 radical (unpaired) electrons. The Balaban J connectivity index is 1.50. The number of amides is 2. The molecule has 2 heterocycles. The van der Waals surface area contributed by atoms with E-state index in [4.69, 9.17) is 0 Å². The average molecular weight is 650 g/mol. The van der Waals surface area contributed by atoms with Crippen molar-refractivity contribution in [1.82, 2.24) is 29.8 Å². The number of benzene rings is 2. The lowest BCUT2D eigenvalue weighted by atomic mass is 9.91. The normalized spacial score (nSPS) is 16.8. The van der Waals surface area contributed by atoms with E-state index >= 15 is 0 Å². The summed E-state index contributed by atoms with van der Waals surface area (Å²) in [6.45, 7) is 0.338. The van der Waals surface area contributed by atoms with E-state index < -0.39 is 23.2 Å². The first kappa shape index (κ1) is 33.2. The number of carbonyl (C=O) groups excluding carboxylic acids is 2. The van der Waals surface area contributed by atoms with Crippen molar-refractivity contribution < 1.29 is 27.2 Å². The van der Waals surface area contributed by atoms with Crippen molar-refractivity contribution in [1.29, 1.82) is 5.26 Å². The zero-order chi connectivity index (χ0) is 34.1. The smallest absolute Gasteiger partial charge is 0.349 e. The third-order valence-electron chi connectivity index (χ3n) is 8.08. The summed E-state index contributed by atoms with van der Waals surface area (Å²) in [6, 6.07) is 14.2. The molecule has 2 aromatic heterocycles. The maximum atomic E-state index is 14.1. The van der Waals surface area contributed by atoms with Gasteiger partial charge in [0.15, 0.2) is 6.54 Å². The van der Waals surface area contributed by atoms with Gasteiger partial charge in [0.05, 0.1) is 61.6 Å². The molecule has 1 fully saturated rings. The van der Waals surface area contributed by atoms with Crippen molar-refractivity contribution in [2.45, 2.75) is 43.9 Å². The first-order valence-corrected chi connectivity index (χ1v) is 15.1. The molecule has 1 saturated carbocycles. The molecule has 1 aliphatic carbocycles. The predicted octanol–water partition coefficient (Wildman–Crippen LogP) is 3.78. The molecule has 5 rings (SSSR count). The van der Waals surface area contributed by atoms with E-state index in [1.54, 1.807) is 30.3 Å². The van der Waals surface area contributed by atoms with E-state index in [-0.39, 0.29) is 34.9 Å². The fourth-order valence-electron chi connectivity index (χ4n) is 5.92. The Kier molecular flexibility index (Phi) is 9.13. The summed E-state index contributed by atoms with van der Waals surface area (Å²) in [5, 5.41) is 19.6. The largest absolute Gasteiger partial charge is 0.416 e. The van der Waals surface area contributed by atoms with Crippen LogP contribution in [0.15, 0.2) is 65.6 Å². The van der Waals surface area contributed by atoms with Crippen molar-refractivity contribution in [3.05, 3.63) is 87.8 Å². The van der Waals surface area contributed by atoms with Crippen molar-refractivity contribution >= 4 is 11.8 Å². The van der Waals surface area contributed by atoms with Gasteiger partial charge in [0, 0.05) is 19.1 Å². The maximum Gasteiger partial charge on any atom is 0.416 e. The number of hydrogen-bond acceptors (Lipinski definition) is 5. The number of carbonyl (C=O) groups is 2. The van der Waals surface area contributed by atoms with Gasteiger partial charge >= 0.3 is 6.18 Å². The minimum Gasteiger partial charge on any atom is -0.349 e. The van der Waals surface area contributed by atoms with Gasteiger partial charge in [-0.15, -0.1) is 0 Å². The fourth-order valence-corrected chi connectivity index (χ4v) is 5.92. The number of likely N-dealkylation sites (N-methyl/N-ethyl adjacent to an activating group) is 1. The van der Waals surface area contributed by atoms with Gasteiger partial charge in [-0.05, 0) is 74.2 Å². The van der Waals surface area contributed by atoms with Gasteiger partial charge in [0.2, 0.25) is 0 Å². The monoisotopic (exact) mass is 649 g/mol. The standard InChI is InChI=1S/C33H35F3N8O3/c1-41-30(27-16-17-38-42(27)25-14-8-21(19-37)9-15-25)29(32(47)43(41)26-7-5-6-22(18-26)33(34,35)36)31(46)40-24-12-10-23(11-13-24)39-28(45)20-44(2,3)4/h5-9,14-18,23-24H,10-13,20H2,1-4H3,(H-,39,40,45,46)/p+1/t23-,24-. The number of aromatic nitrogens is 4. The summed E-state index contributed by atoms with van der Waals surface area (Å²) >= 11 is 0. The topological polar surface area (TPSA) is 127 Å². The number of hydrogen-bond donors (Lipinski definition) is 2. The van der Waals surface area contributed by atoms with Crippen molar-refractivity contribution in [3.8, 4) is 28.8 Å². The fraction of sp³-hybridized carbons (Fsp3) is 0.364. The van der Waals surface area contributed by atoms with Crippen LogP contribution in [0.5, 0.6) is 0 Å². The lowest BCUT2D eigenvalue weighted by molar-refractivity contribution is -0.862. The van der Waals surface area contributed by atoms with Gasteiger partial charge in [-0.3, -0.25) is 19.1 Å². The highest BCUT2D eigenvalue weighted by Gasteiger charge is 2.33. The molecule has 0 unspecified atom stereocenters. The van der Waals surface area contributed by atoms with E-state index in [9.17, 15) is 32.8 Å². The molecule has 0 spiro atoms. The maximum absolute atomic E-state index is 14.1. The van der Waals surface area contributed by atoms with Gasteiger partial charge in [-0.2, -0.15) is 23.5 Å². The SMILES string of the molecule is Cn1c(-c2ccnn2-c2ccc(C#N)cc2)c(C(=O)N[C@H]2CC[C@H](NC(=O)C[N+](C)(C)C)CC2)c(=O)n1-c1cccc(C(F)(F)F)c1. The van der Waals surface area contributed by atoms with E-state index in [1.165, 1.54) is 34.7 Å². The number of nitrogens with one attached hydrogen (secondary N) is 2. The molecule has 2 aromatic carbocycles. The Morgan fingerprint density at radius 3 is 2.21 bits per heavy atom. The van der Waals surface area contributed by atoms with Crippen LogP contribution in [0, 0.1) is 11.3 Å². The summed E-state index contributed by atoms with van der Waals surface area (Å²) < 4.78 is 45.3. The Morgan fingerprint density at radius 1 is 0.979 bits per heavy atom. The number of halogens is 3. The summed E-state index contributed by atoms with van der Waals surface area (Å²) in [5.74, 6) is -0.718. The van der Waals surface area contributed by atoms with Crippen LogP contribution in [0.2, 0.25) is 0 Å². The van der Waals surface area contributed by atoms with E-state index in [1.807, 2.05) is 27.2 Å². The van der Waals surface area contributed by atoms with Crippen LogP contribution in [0.1, 0.15) is 47.2 Å². The lowest BCUT2D eigenvalue weighted by Gasteiger charge is -2.30. The molecule has 4 aromatic rings. The van der Waals surface area contributed by atoms with Crippen LogP contribution in [0.4, 0.5) is 13.2 Å². The highest BCUT2D eigenvalue weighted by atomic mass is 19.4. The van der Waals surface area contributed by atoms with E-state index in [0.29, 0.717) is 53.7 Å². The number of alkyl halides is 3. The molecule has 2 N–H and O–H groups in total. The van der Waals surface area contributed by atoms with Crippen molar-refractivity contribution in [2.75, 3.05) is 27.7 Å². The average Bonchev–Trinajstić information content (AvgIpc) is 3.58. The van der Waals surface area contributed by atoms with Crippen molar-refractivity contribution in [2.24, 2.45) is 7.05 Å². The Labute approximate surface area is 269 Å². The summed E-state index contributed by atoms with van der Waals surface area (Å²) in [7, 11) is 7.29. The number of nitrogens with zero attached hydrogens (tertiary/aromatic N) is 6. The molecular formula is C33H36F3N8O3+. The summed E-state index contributed by atoms with van der Waals surface area (Å²) in [6.07, 6.45) is -0.769. The minimum absolute atomic E-state index is 0.0330. The first-order valence-electron chi connectivity index (χ1n) is 15.1. The van der Waals surface area contributed by atoms with Gasteiger partial charge in [-0.25, -0.2) is 9.36 Å². The molecule has 11 nitrogen and oxygen atoms in total. The van der Waals surface area contributed by atoms with Gasteiger partial charge in [0.1, 0.15) is 11.3 Å². The molecule has 1 aliphatic rings. The molecule has 0 bridgehead atoms. The predicted molar refractivity (Wildman–Crippen MR) is 168 cm³/mol. The van der Waals surface area contributed by atoms with Crippen molar-refractivity contribution in [3.63, 3.8) is 0 Å². The molecule has 47 heavy (non-hydrogen) atoms. The molecular weight excluding hydrogens is 613 g/mol. The van der Waals surface area contributed by atoms with Gasteiger partial charge < -0.3 is 15.1 Å². The Morgan fingerprint density at radius 2 is 1.62 bits per heavy atom. The van der Waals surface area contributed by atoms with Crippen LogP contribution >= 0.6 is 0 Å². The van der Waals surface area contributed by atoms with Crippen LogP contribution < -0.4 is 16.2 Å². The zero-order valence-corrected chi connectivity index (χ0v) is 26.5. The molecule has 0 saturated heterocycles. The van der Waals surface area contributed by atoms with Gasteiger partial charge in [-0.1, -0.05) is 6.07 Å². The minimum atomic E-state index is -4.65. The van der Waals surface area contributed by atoms with E-state index in [2.05, 4.69) is 15.7 Å². The Hall–Kier alpha value is -5.16. The second kappa shape index (κ2) is 12.9. The van der Waals surface area contributed by atoms with Gasteiger partial charge in [0.25, 0.3) is 17.4 Å². The third-order valence-corrected chi connectivity index (χ3v) is 8.08. The Bertz CT molecular complexity index is 1880. The quantitative estimate of drug-likeness (QED) is 0.281. The molecule has 246 valence electrons. The van der Waals surface area contributed by atoms with Crippen LogP contribution in [0.3, 0.4) is 0 Å². The second-order valence-electron chi connectivity index (χ2n) is 12.7. The molecule has 0 atom stereocenters. The summed E-state index contributed by atoms with van der Waals surface area (Å²) in [5.41, 5.74) is -0.604. The second-order valence-corrected chi connectivity index (χ2v) is 12.7. The highest BCUT2D eigenvalue weighted by Crippen LogP contribution is 2.31. The lowest BCUT2D eigenvalue weighted by Crippen LogP contribution is -2.49. The number of quaternary nitrogens is 1. The van der Waals surface area contributed by atoms with Crippen LogP contribution in [-0.2, 0) is 18.0 Å². The highest BCUT2D eigenvalue weighted by molar-refractivity contribution is 6.00. The summed E-state index contributed by atoms with van der Waals surface area (Å²) in [4.78, 5) is 40.4. The number of nitriles is 1. The molecule has 0 aliphatic heterocycles. The van der Waals surface area contributed by atoms with Crippen LogP contribution in [-0.4, -0.2) is 75.2 Å². The molecule has 14 heteroatoms. The van der Waals surface area contributed by atoms with Crippen LogP contribution in [0.25, 0.3) is 22.8 Å².